The molecule has 0 bridgehead atoms. The van der Waals surface area contributed by atoms with E-state index in [1.165, 1.54) is 74.6 Å². The molecule has 32 heavy (non-hydrogen) atoms. The lowest BCUT2D eigenvalue weighted by molar-refractivity contribution is -0.966. The molecule has 0 spiro atoms. The van der Waals surface area contributed by atoms with E-state index in [4.69, 9.17) is 0 Å². The summed E-state index contributed by atoms with van der Waals surface area (Å²) in [6.45, 7) is 6.78. The minimum Gasteiger partial charge on any atom is -0.312 e. The third kappa shape index (κ3) is 8.63. The predicted octanol–water partition coefficient (Wildman–Crippen LogP) is 8.54. The van der Waals surface area contributed by atoms with E-state index in [1.54, 1.807) is 0 Å². The van der Waals surface area contributed by atoms with Gasteiger partial charge in [-0.3, -0.25) is 0 Å². The first kappa shape index (κ1) is 24.3. The maximum absolute atomic E-state index is 2.30. The third-order valence-electron chi connectivity index (χ3n) is 6.57. The van der Waals surface area contributed by atoms with Crippen molar-refractivity contribution in [1.29, 1.82) is 0 Å². The first-order chi connectivity index (χ1) is 15.8. The first-order valence-corrected chi connectivity index (χ1v) is 12.8. The molecule has 0 N–H and O–H groups in total. The van der Waals surface area contributed by atoms with Crippen molar-refractivity contribution in [2.75, 3.05) is 6.54 Å². The van der Waals surface area contributed by atoms with Gasteiger partial charge in [-0.25, -0.2) is 0 Å². The van der Waals surface area contributed by atoms with Gasteiger partial charge in [0.05, 0.1) is 6.54 Å². The van der Waals surface area contributed by atoms with E-state index in [0.29, 0.717) is 0 Å². The summed E-state index contributed by atoms with van der Waals surface area (Å²) < 4.78 is 1.09. The van der Waals surface area contributed by atoms with E-state index in [-0.39, 0.29) is 0 Å². The Morgan fingerprint density at radius 1 is 0.438 bits per heavy atom. The fourth-order valence-electron chi connectivity index (χ4n) is 4.90. The number of unbranched alkanes of at least 4 members (excludes halogenated alkanes) is 7. The Morgan fingerprint density at radius 2 is 0.781 bits per heavy atom. The van der Waals surface area contributed by atoms with Crippen LogP contribution in [0.25, 0.3) is 0 Å². The fourth-order valence-corrected chi connectivity index (χ4v) is 4.90. The second kappa shape index (κ2) is 13.9. The van der Waals surface area contributed by atoms with Gasteiger partial charge in [-0.2, -0.15) is 0 Å². The zero-order valence-electron chi connectivity index (χ0n) is 20.1. The molecule has 0 amide bonds. The molecule has 0 saturated heterocycles. The van der Waals surface area contributed by atoms with E-state index in [2.05, 4.69) is 97.9 Å². The highest BCUT2D eigenvalue weighted by molar-refractivity contribution is 5.17. The van der Waals surface area contributed by atoms with Crippen molar-refractivity contribution in [2.45, 2.75) is 77.9 Å². The lowest BCUT2D eigenvalue weighted by Crippen LogP contribution is -2.46. The number of benzene rings is 3. The van der Waals surface area contributed by atoms with Crippen LogP contribution in [-0.2, 0) is 19.6 Å². The Bertz CT molecular complexity index is 740. The van der Waals surface area contributed by atoms with Crippen LogP contribution in [0.3, 0.4) is 0 Å². The second-order valence-corrected chi connectivity index (χ2v) is 9.47. The minimum atomic E-state index is 1.08. The number of hydrogen-bond acceptors (Lipinski definition) is 0. The quantitative estimate of drug-likeness (QED) is 0.168. The average Bonchev–Trinajstić information content (AvgIpc) is 2.83. The second-order valence-electron chi connectivity index (χ2n) is 9.47. The highest BCUT2D eigenvalue weighted by Gasteiger charge is 2.28. The molecular formula is C31H42N+. The molecule has 0 atom stereocenters. The van der Waals surface area contributed by atoms with Gasteiger partial charge in [0, 0.05) is 16.7 Å². The van der Waals surface area contributed by atoms with Crippen molar-refractivity contribution in [3.8, 4) is 0 Å². The summed E-state index contributed by atoms with van der Waals surface area (Å²) in [5.74, 6) is 0. The summed E-state index contributed by atoms with van der Waals surface area (Å²) in [4.78, 5) is 0. The Labute approximate surface area is 196 Å². The summed E-state index contributed by atoms with van der Waals surface area (Å²) in [6.07, 6.45) is 11.0. The maximum atomic E-state index is 2.30. The fraction of sp³-hybridized carbons (Fsp3) is 0.419. The summed E-state index contributed by atoms with van der Waals surface area (Å²) in [5, 5.41) is 0. The first-order valence-electron chi connectivity index (χ1n) is 12.8. The van der Waals surface area contributed by atoms with Gasteiger partial charge >= 0.3 is 0 Å². The van der Waals surface area contributed by atoms with Gasteiger partial charge in [0.15, 0.2) is 0 Å². The van der Waals surface area contributed by atoms with Crippen LogP contribution >= 0.6 is 0 Å². The van der Waals surface area contributed by atoms with Gasteiger partial charge in [-0.1, -0.05) is 136 Å². The van der Waals surface area contributed by atoms with Crippen LogP contribution in [-0.4, -0.2) is 11.0 Å². The van der Waals surface area contributed by atoms with Crippen molar-refractivity contribution >= 4 is 0 Å². The van der Waals surface area contributed by atoms with Crippen LogP contribution in [0.1, 0.15) is 75.0 Å². The van der Waals surface area contributed by atoms with Crippen LogP contribution in [0.15, 0.2) is 91.0 Å². The summed E-state index contributed by atoms with van der Waals surface area (Å²) in [6, 6.07) is 33.3. The lowest BCUT2D eigenvalue weighted by Gasteiger charge is -2.39. The number of rotatable bonds is 15. The number of quaternary nitrogens is 1. The van der Waals surface area contributed by atoms with Crippen LogP contribution < -0.4 is 0 Å². The Morgan fingerprint density at radius 3 is 1.16 bits per heavy atom. The molecule has 0 aliphatic rings. The van der Waals surface area contributed by atoms with Gasteiger partial charge < -0.3 is 4.48 Å². The van der Waals surface area contributed by atoms with E-state index >= 15 is 0 Å². The Hall–Kier alpha value is -2.38. The normalized spacial score (nSPS) is 11.5. The topological polar surface area (TPSA) is 0 Å². The van der Waals surface area contributed by atoms with Crippen LogP contribution in [0.2, 0.25) is 0 Å². The zero-order chi connectivity index (χ0) is 22.3. The van der Waals surface area contributed by atoms with Gasteiger partial charge in [-0.05, 0) is 12.8 Å². The molecule has 0 heterocycles. The van der Waals surface area contributed by atoms with Gasteiger partial charge in [0.25, 0.3) is 0 Å². The molecule has 0 fully saturated rings. The van der Waals surface area contributed by atoms with Crippen molar-refractivity contribution in [3.05, 3.63) is 108 Å². The number of hydrogen-bond donors (Lipinski definition) is 0. The smallest absolute Gasteiger partial charge is 0.105 e. The minimum absolute atomic E-state index is 1.08. The molecule has 0 aromatic heterocycles. The highest BCUT2D eigenvalue weighted by Crippen LogP contribution is 2.26. The average molecular weight is 429 g/mol. The maximum Gasteiger partial charge on any atom is 0.105 e. The molecule has 3 aromatic carbocycles. The molecule has 0 saturated carbocycles. The highest BCUT2D eigenvalue weighted by atomic mass is 15.3. The van der Waals surface area contributed by atoms with Crippen LogP contribution in [0.4, 0.5) is 0 Å². The number of nitrogens with zero attached hydrogens (tertiary/aromatic N) is 1. The predicted molar refractivity (Wildman–Crippen MR) is 138 cm³/mol. The van der Waals surface area contributed by atoms with Crippen molar-refractivity contribution in [2.24, 2.45) is 0 Å². The molecule has 0 radical (unpaired) electrons. The summed E-state index contributed by atoms with van der Waals surface area (Å²) in [7, 11) is 0. The zero-order valence-corrected chi connectivity index (χ0v) is 20.1. The van der Waals surface area contributed by atoms with E-state index in [9.17, 15) is 0 Å². The Kier molecular flexibility index (Phi) is 10.5. The van der Waals surface area contributed by atoms with E-state index in [1.807, 2.05) is 0 Å². The molecule has 0 aliphatic carbocycles. The van der Waals surface area contributed by atoms with Gasteiger partial charge in [0.1, 0.15) is 19.6 Å². The van der Waals surface area contributed by atoms with Gasteiger partial charge in [-0.15, -0.1) is 0 Å². The van der Waals surface area contributed by atoms with Crippen molar-refractivity contribution in [3.63, 3.8) is 0 Å². The molecule has 0 unspecified atom stereocenters. The van der Waals surface area contributed by atoms with E-state index in [0.717, 1.165) is 24.1 Å². The van der Waals surface area contributed by atoms with Crippen molar-refractivity contribution < 1.29 is 4.48 Å². The third-order valence-corrected chi connectivity index (χ3v) is 6.57. The largest absolute Gasteiger partial charge is 0.312 e. The van der Waals surface area contributed by atoms with Crippen molar-refractivity contribution in [1.82, 2.24) is 0 Å². The molecule has 0 aliphatic heterocycles. The lowest BCUT2D eigenvalue weighted by atomic mass is 10.0. The summed E-state index contributed by atoms with van der Waals surface area (Å²) in [5.41, 5.74) is 4.33. The molecule has 1 heteroatoms. The van der Waals surface area contributed by atoms with Crippen LogP contribution in [0, 0.1) is 0 Å². The monoisotopic (exact) mass is 428 g/mol. The SMILES string of the molecule is CCCCCCCCCC[N+](Cc1ccccc1)(Cc1ccccc1)Cc1ccccc1. The summed E-state index contributed by atoms with van der Waals surface area (Å²) >= 11 is 0. The molecule has 170 valence electrons. The molecule has 1 nitrogen and oxygen atoms in total. The molecule has 3 rings (SSSR count). The standard InChI is InChI=1S/C31H42N/c1-2-3-4-5-6-7-8-18-25-32(26-29-19-12-9-13-20-29,27-30-21-14-10-15-22-30)28-31-23-16-11-17-24-31/h9-17,19-24H,2-8,18,25-28H2,1H3/q+1. The van der Waals surface area contributed by atoms with Gasteiger partial charge in [0.2, 0.25) is 0 Å². The van der Waals surface area contributed by atoms with E-state index < -0.39 is 0 Å². The Balaban J connectivity index is 1.74. The molecule has 3 aromatic rings. The molecular weight excluding hydrogens is 386 g/mol. The van der Waals surface area contributed by atoms with Crippen LogP contribution in [0.5, 0.6) is 0 Å².